The molecular weight excluding hydrogens is 248 g/mol. The predicted octanol–water partition coefficient (Wildman–Crippen LogP) is 1.27. The molecule has 19 heavy (non-hydrogen) atoms. The summed E-state index contributed by atoms with van der Waals surface area (Å²) >= 11 is 0. The summed E-state index contributed by atoms with van der Waals surface area (Å²) in [5, 5.41) is 0. The molecule has 0 radical (unpaired) electrons. The van der Waals surface area contributed by atoms with Gasteiger partial charge in [-0.25, -0.2) is 9.78 Å². The number of aromatic nitrogens is 1. The second-order valence-corrected chi connectivity index (χ2v) is 4.30. The van der Waals surface area contributed by atoms with Gasteiger partial charge in [0.25, 0.3) is 0 Å². The molecule has 0 aliphatic carbocycles. The van der Waals surface area contributed by atoms with Gasteiger partial charge in [0.05, 0.1) is 18.8 Å². The summed E-state index contributed by atoms with van der Waals surface area (Å²) in [5.41, 5.74) is 1.55. The van der Waals surface area contributed by atoms with Crippen LogP contribution in [0.2, 0.25) is 0 Å². The number of morpholine rings is 1. The summed E-state index contributed by atoms with van der Waals surface area (Å²) in [4.78, 5) is 18.1. The molecule has 6 nitrogen and oxygen atoms in total. The normalized spacial score (nSPS) is 16.6. The van der Waals surface area contributed by atoms with E-state index in [1.54, 1.807) is 18.2 Å². The summed E-state index contributed by atoms with van der Waals surface area (Å²) in [6, 6.07) is 5.20. The van der Waals surface area contributed by atoms with Crippen molar-refractivity contribution < 1.29 is 18.7 Å². The Labute approximate surface area is 109 Å². The Kier molecular flexibility index (Phi) is 3.43. The van der Waals surface area contributed by atoms with Crippen LogP contribution in [0, 0.1) is 0 Å². The summed E-state index contributed by atoms with van der Waals surface area (Å²) < 4.78 is 15.7. The van der Waals surface area contributed by atoms with E-state index in [2.05, 4.69) is 4.98 Å². The monoisotopic (exact) mass is 262 g/mol. The number of nitrogens with zero attached hydrogens (tertiary/aromatic N) is 2. The maximum Gasteiger partial charge on any atom is 0.341 e. The second kappa shape index (κ2) is 5.38. The Morgan fingerprint density at radius 2 is 2.21 bits per heavy atom. The molecule has 0 atom stereocenters. The van der Waals surface area contributed by atoms with Crippen molar-refractivity contribution in [3.63, 3.8) is 0 Å². The molecule has 6 heteroatoms. The van der Waals surface area contributed by atoms with Crippen LogP contribution >= 0.6 is 0 Å². The van der Waals surface area contributed by atoms with Gasteiger partial charge in [-0.2, -0.15) is 0 Å². The topological polar surface area (TPSA) is 64.8 Å². The molecule has 1 saturated heterocycles. The fourth-order valence-electron chi connectivity index (χ4n) is 2.01. The minimum atomic E-state index is -0.383. The van der Waals surface area contributed by atoms with Crippen LogP contribution in [0.25, 0.3) is 11.1 Å². The molecule has 0 unspecified atom stereocenters. The fourth-order valence-corrected chi connectivity index (χ4v) is 2.01. The number of esters is 1. The summed E-state index contributed by atoms with van der Waals surface area (Å²) in [5.74, 6) is -0.383. The average molecular weight is 262 g/mol. The number of carbonyl (C=O) groups excluding carboxylic acids is 1. The van der Waals surface area contributed by atoms with Crippen molar-refractivity contribution in [2.45, 2.75) is 0 Å². The molecule has 0 N–H and O–H groups in total. The Morgan fingerprint density at radius 3 is 3.05 bits per heavy atom. The maximum atomic E-state index is 12.0. The van der Waals surface area contributed by atoms with Crippen LogP contribution in [0.3, 0.4) is 0 Å². The average Bonchev–Trinajstić information content (AvgIpc) is 2.94. The highest BCUT2D eigenvalue weighted by Crippen LogP contribution is 2.17. The minimum absolute atomic E-state index is 0.274. The molecule has 0 bridgehead atoms. The highest BCUT2D eigenvalue weighted by atomic mass is 16.5. The number of hydrogen-bond donors (Lipinski definition) is 0. The van der Waals surface area contributed by atoms with Gasteiger partial charge < -0.3 is 13.9 Å². The number of ether oxygens (including phenoxy) is 2. The number of hydrogen-bond acceptors (Lipinski definition) is 6. The number of fused-ring (bicyclic) bond motifs is 1. The highest BCUT2D eigenvalue weighted by molar-refractivity contribution is 6.01. The molecule has 1 aliphatic rings. The lowest BCUT2D eigenvalue weighted by Gasteiger charge is -2.25. The van der Waals surface area contributed by atoms with Crippen LogP contribution in [-0.4, -0.2) is 48.9 Å². The Balaban J connectivity index is 1.68. The van der Waals surface area contributed by atoms with Gasteiger partial charge in [0.2, 0.25) is 0 Å². The van der Waals surface area contributed by atoms with Crippen molar-refractivity contribution in [3.8, 4) is 0 Å². The van der Waals surface area contributed by atoms with Gasteiger partial charge in [-0.05, 0) is 12.1 Å². The zero-order valence-electron chi connectivity index (χ0n) is 10.4. The van der Waals surface area contributed by atoms with Gasteiger partial charge in [-0.1, -0.05) is 6.07 Å². The predicted molar refractivity (Wildman–Crippen MR) is 66.7 cm³/mol. The third-order valence-electron chi connectivity index (χ3n) is 3.06. The Hall–Kier alpha value is -1.92. The third-order valence-corrected chi connectivity index (χ3v) is 3.06. The molecule has 1 fully saturated rings. The molecule has 1 aromatic carbocycles. The largest absolute Gasteiger partial charge is 0.446 e. The lowest BCUT2D eigenvalue weighted by atomic mass is 10.2. The number of para-hydroxylation sites is 1. The molecule has 1 aliphatic heterocycles. The van der Waals surface area contributed by atoms with E-state index in [1.807, 2.05) is 4.90 Å². The van der Waals surface area contributed by atoms with E-state index < -0.39 is 0 Å². The van der Waals surface area contributed by atoms with Crippen LogP contribution in [0.1, 0.15) is 10.4 Å². The zero-order valence-corrected chi connectivity index (χ0v) is 10.4. The maximum absolute atomic E-state index is 12.0. The van der Waals surface area contributed by atoms with Crippen LogP contribution in [-0.2, 0) is 9.47 Å². The summed E-state index contributed by atoms with van der Waals surface area (Å²) in [6.45, 7) is 3.19. The third kappa shape index (κ3) is 2.59. The SMILES string of the molecule is O=C(OCN1CCOCC1)c1cccc2ocnc12. The Morgan fingerprint density at radius 1 is 1.37 bits per heavy atom. The molecule has 2 heterocycles. The van der Waals surface area contributed by atoms with E-state index in [1.165, 1.54) is 6.39 Å². The molecule has 1 aromatic heterocycles. The van der Waals surface area contributed by atoms with Crippen LogP contribution in [0.4, 0.5) is 0 Å². The summed E-state index contributed by atoms with van der Waals surface area (Å²) in [7, 11) is 0. The molecule has 0 saturated carbocycles. The molecule has 100 valence electrons. The first kappa shape index (κ1) is 12.1. The van der Waals surface area contributed by atoms with E-state index in [4.69, 9.17) is 13.9 Å². The Bertz CT molecular complexity index is 575. The lowest BCUT2D eigenvalue weighted by Crippen LogP contribution is -2.38. The van der Waals surface area contributed by atoms with Gasteiger partial charge in [-0.3, -0.25) is 4.90 Å². The van der Waals surface area contributed by atoms with Crippen LogP contribution < -0.4 is 0 Å². The highest BCUT2D eigenvalue weighted by Gasteiger charge is 2.16. The fraction of sp³-hybridized carbons (Fsp3) is 0.385. The molecule has 3 rings (SSSR count). The van der Waals surface area contributed by atoms with Crippen molar-refractivity contribution in [2.75, 3.05) is 33.0 Å². The first-order valence-corrected chi connectivity index (χ1v) is 6.14. The summed E-state index contributed by atoms with van der Waals surface area (Å²) in [6.07, 6.45) is 1.32. The van der Waals surface area contributed by atoms with Crippen LogP contribution in [0.15, 0.2) is 29.0 Å². The van der Waals surface area contributed by atoms with Crippen molar-refractivity contribution in [1.82, 2.24) is 9.88 Å². The van der Waals surface area contributed by atoms with Gasteiger partial charge in [0, 0.05) is 13.1 Å². The van der Waals surface area contributed by atoms with Gasteiger partial charge >= 0.3 is 5.97 Å². The van der Waals surface area contributed by atoms with Crippen molar-refractivity contribution in [1.29, 1.82) is 0 Å². The van der Waals surface area contributed by atoms with E-state index >= 15 is 0 Å². The molecule has 2 aromatic rings. The van der Waals surface area contributed by atoms with Crippen molar-refractivity contribution >= 4 is 17.1 Å². The number of carbonyl (C=O) groups is 1. The first-order valence-electron chi connectivity index (χ1n) is 6.14. The molecule has 0 spiro atoms. The van der Waals surface area contributed by atoms with Gasteiger partial charge in [0.1, 0.15) is 12.2 Å². The smallest absolute Gasteiger partial charge is 0.341 e. The standard InChI is InChI=1S/C13H14N2O4/c16-13(19-9-15-4-6-17-7-5-15)10-2-1-3-11-12(10)14-8-18-11/h1-3,8H,4-7,9H2. The number of oxazole rings is 1. The molecular formula is C13H14N2O4. The lowest BCUT2D eigenvalue weighted by molar-refractivity contribution is -0.0208. The van der Waals surface area contributed by atoms with Gasteiger partial charge in [0.15, 0.2) is 12.0 Å². The van der Waals surface area contributed by atoms with Crippen molar-refractivity contribution in [3.05, 3.63) is 30.2 Å². The van der Waals surface area contributed by atoms with E-state index in [0.717, 1.165) is 13.1 Å². The van der Waals surface area contributed by atoms with Crippen LogP contribution in [0.5, 0.6) is 0 Å². The van der Waals surface area contributed by atoms with E-state index in [-0.39, 0.29) is 12.7 Å². The van der Waals surface area contributed by atoms with E-state index in [9.17, 15) is 4.79 Å². The molecule has 0 amide bonds. The zero-order chi connectivity index (χ0) is 13.1. The number of benzene rings is 1. The first-order chi connectivity index (χ1) is 9.34. The minimum Gasteiger partial charge on any atom is -0.446 e. The van der Waals surface area contributed by atoms with E-state index in [0.29, 0.717) is 29.9 Å². The van der Waals surface area contributed by atoms with Crippen molar-refractivity contribution in [2.24, 2.45) is 0 Å². The number of rotatable bonds is 3. The second-order valence-electron chi connectivity index (χ2n) is 4.30. The quantitative estimate of drug-likeness (QED) is 0.776. The van der Waals surface area contributed by atoms with Gasteiger partial charge in [-0.15, -0.1) is 0 Å².